The number of aromatic nitrogens is 1. The lowest BCUT2D eigenvalue weighted by molar-refractivity contribution is -0.118. The first-order valence-corrected chi connectivity index (χ1v) is 10.3. The molecule has 7 heteroatoms. The van der Waals surface area contributed by atoms with Crippen LogP contribution < -0.4 is 4.90 Å². The van der Waals surface area contributed by atoms with Crippen LogP contribution in [0.4, 0.5) is 5.13 Å². The van der Waals surface area contributed by atoms with E-state index in [4.69, 9.17) is 4.74 Å². The maximum Gasteiger partial charge on any atom is 0.350 e. The van der Waals surface area contributed by atoms with Crippen LogP contribution >= 0.6 is 22.7 Å². The van der Waals surface area contributed by atoms with Crippen LogP contribution in [0.2, 0.25) is 0 Å². The fourth-order valence-electron chi connectivity index (χ4n) is 2.66. The van der Waals surface area contributed by atoms with Gasteiger partial charge in [-0.3, -0.25) is 9.69 Å². The normalized spacial score (nSPS) is 13.7. The zero-order valence-electron chi connectivity index (χ0n) is 14.5. The standard InChI is InChI=1S/C18H22N2O3S2/c1-3-23-17(22)16-12(2)19-18(25-16)20(13-9-10-13)15(21)8-4-6-14-7-5-11-24-14/h5,7,11,13H,3-4,6,8-10H2,1-2H3. The number of nitrogens with zero attached hydrogens (tertiary/aromatic N) is 2. The largest absolute Gasteiger partial charge is 0.462 e. The van der Waals surface area contributed by atoms with Gasteiger partial charge in [-0.2, -0.15) is 0 Å². The van der Waals surface area contributed by atoms with Crippen LogP contribution in [0, 0.1) is 6.92 Å². The zero-order chi connectivity index (χ0) is 17.8. The highest BCUT2D eigenvalue weighted by Gasteiger charge is 2.36. The van der Waals surface area contributed by atoms with E-state index in [2.05, 4.69) is 16.4 Å². The molecule has 0 aliphatic heterocycles. The molecule has 2 heterocycles. The summed E-state index contributed by atoms with van der Waals surface area (Å²) in [5.41, 5.74) is 0.635. The highest BCUT2D eigenvalue weighted by atomic mass is 32.1. The number of ether oxygens (including phenoxy) is 1. The quantitative estimate of drug-likeness (QED) is 0.646. The lowest BCUT2D eigenvalue weighted by Gasteiger charge is -2.19. The van der Waals surface area contributed by atoms with Gasteiger partial charge in [0, 0.05) is 17.3 Å². The van der Waals surface area contributed by atoms with Crippen LogP contribution in [0.15, 0.2) is 17.5 Å². The van der Waals surface area contributed by atoms with E-state index in [-0.39, 0.29) is 17.9 Å². The van der Waals surface area contributed by atoms with Crippen LogP contribution in [0.25, 0.3) is 0 Å². The number of carbonyl (C=O) groups excluding carboxylic acids is 2. The molecule has 25 heavy (non-hydrogen) atoms. The average molecular weight is 379 g/mol. The molecule has 2 aromatic rings. The van der Waals surface area contributed by atoms with Gasteiger partial charge in [0.15, 0.2) is 5.13 Å². The van der Waals surface area contributed by atoms with E-state index in [9.17, 15) is 9.59 Å². The summed E-state index contributed by atoms with van der Waals surface area (Å²) in [4.78, 5) is 32.8. The second-order valence-corrected chi connectivity index (χ2v) is 8.07. The summed E-state index contributed by atoms with van der Waals surface area (Å²) < 4.78 is 5.07. The molecule has 0 aromatic carbocycles. The molecular weight excluding hydrogens is 356 g/mol. The minimum absolute atomic E-state index is 0.100. The van der Waals surface area contributed by atoms with Gasteiger partial charge < -0.3 is 4.74 Å². The highest BCUT2D eigenvalue weighted by molar-refractivity contribution is 7.17. The summed E-state index contributed by atoms with van der Waals surface area (Å²) in [6.45, 7) is 3.90. The predicted octanol–water partition coefficient (Wildman–Crippen LogP) is 4.21. The van der Waals surface area contributed by atoms with Crippen molar-refractivity contribution < 1.29 is 14.3 Å². The van der Waals surface area contributed by atoms with Crippen molar-refractivity contribution in [2.45, 2.75) is 52.0 Å². The molecule has 3 rings (SSSR count). The summed E-state index contributed by atoms with van der Waals surface area (Å²) in [5, 5.41) is 2.69. The first kappa shape index (κ1) is 18.1. The summed E-state index contributed by atoms with van der Waals surface area (Å²) in [7, 11) is 0. The monoisotopic (exact) mass is 378 g/mol. The average Bonchev–Trinajstić information content (AvgIpc) is 3.11. The van der Waals surface area contributed by atoms with Crippen molar-refractivity contribution in [1.82, 2.24) is 4.98 Å². The van der Waals surface area contributed by atoms with Crippen molar-refractivity contribution in [3.05, 3.63) is 33.0 Å². The number of anilines is 1. The molecule has 1 amide bonds. The van der Waals surface area contributed by atoms with Gasteiger partial charge >= 0.3 is 5.97 Å². The first-order chi connectivity index (χ1) is 12.1. The Hall–Kier alpha value is -1.73. The number of carbonyl (C=O) groups is 2. The molecule has 5 nitrogen and oxygen atoms in total. The van der Waals surface area contributed by atoms with Gasteiger partial charge in [-0.25, -0.2) is 9.78 Å². The number of rotatable bonds is 8. The predicted molar refractivity (Wildman–Crippen MR) is 101 cm³/mol. The van der Waals surface area contributed by atoms with Crippen molar-refractivity contribution in [2.75, 3.05) is 11.5 Å². The lowest BCUT2D eigenvalue weighted by atomic mass is 10.2. The maximum absolute atomic E-state index is 12.7. The van der Waals surface area contributed by atoms with Crippen LogP contribution in [0.3, 0.4) is 0 Å². The fraction of sp³-hybridized carbons (Fsp3) is 0.500. The zero-order valence-corrected chi connectivity index (χ0v) is 16.1. The SMILES string of the molecule is CCOC(=O)c1sc(N(C(=O)CCCc2cccs2)C2CC2)nc1C. The molecule has 0 spiro atoms. The van der Waals surface area contributed by atoms with E-state index in [1.807, 2.05) is 6.07 Å². The Labute approximate surface area is 155 Å². The number of esters is 1. The van der Waals surface area contributed by atoms with Crippen molar-refractivity contribution in [3.8, 4) is 0 Å². The molecule has 134 valence electrons. The molecule has 1 aliphatic rings. The minimum atomic E-state index is -0.357. The topological polar surface area (TPSA) is 59.5 Å². The van der Waals surface area contributed by atoms with Gasteiger partial charge in [0.05, 0.1) is 12.3 Å². The Kier molecular flexibility index (Phi) is 5.86. The highest BCUT2D eigenvalue weighted by Crippen LogP contribution is 2.36. The van der Waals surface area contributed by atoms with Gasteiger partial charge in [-0.05, 0) is 51.0 Å². The Morgan fingerprint density at radius 3 is 2.84 bits per heavy atom. The molecule has 0 radical (unpaired) electrons. The Balaban J connectivity index is 1.67. The van der Waals surface area contributed by atoms with Crippen LogP contribution in [0.5, 0.6) is 0 Å². The Bertz CT molecular complexity index is 736. The number of aryl methyl sites for hydroxylation is 2. The molecule has 1 saturated carbocycles. The Morgan fingerprint density at radius 1 is 1.40 bits per heavy atom. The van der Waals surface area contributed by atoms with Gasteiger partial charge in [-0.1, -0.05) is 17.4 Å². The number of amides is 1. The van der Waals surface area contributed by atoms with Gasteiger partial charge in [0.25, 0.3) is 0 Å². The van der Waals surface area contributed by atoms with E-state index in [1.54, 1.807) is 30.1 Å². The number of hydrogen-bond acceptors (Lipinski definition) is 6. The third kappa shape index (κ3) is 4.46. The van der Waals surface area contributed by atoms with Gasteiger partial charge in [0.1, 0.15) is 4.88 Å². The second kappa shape index (κ2) is 8.10. The van der Waals surface area contributed by atoms with Crippen molar-refractivity contribution in [1.29, 1.82) is 0 Å². The van der Waals surface area contributed by atoms with E-state index >= 15 is 0 Å². The molecule has 1 aliphatic carbocycles. The molecule has 0 atom stereocenters. The van der Waals surface area contributed by atoms with Crippen molar-refractivity contribution in [3.63, 3.8) is 0 Å². The second-order valence-electron chi connectivity index (χ2n) is 6.06. The van der Waals surface area contributed by atoms with E-state index in [0.29, 0.717) is 28.7 Å². The smallest absolute Gasteiger partial charge is 0.350 e. The van der Waals surface area contributed by atoms with Gasteiger partial charge in [0.2, 0.25) is 5.91 Å². The number of hydrogen-bond donors (Lipinski definition) is 0. The van der Waals surface area contributed by atoms with E-state index in [0.717, 1.165) is 25.7 Å². The summed E-state index contributed by atoms with van der Waals surface area (Å²) in [6, 6.07) is 4.37. The molecule has 0 saturated heterocycles. The summed E-state index contributed by atoms with van der Waals surface area (Å²) in [6.07, 6.45) is 4.26. The van der Waals surface area contributed by atoms with Crippen molar-refractivity contribution in [2.24, 2.45) is 0 Å². The summed E-state index contributed by atoms with van der Waals surface area (Å²) >= 11 is 2.99. The van der Waals surface area contributed by atoms with E-state index < -0.39 is 0 Å². The van der Waals surface area contributed by atoms with Crippen molar-refractivity contribution >= 4 is 39.7 Å². The van der Waals surface area contributed by atoms with E-state index in [1.165, 1.54) is 16.2 Å². The number of thiazole rings is 1. The van der Waals surface area contributed by atoms with Gasteiger partial charge in [-0.15, -0.1) is 11.3 Å². The molecule has 0 bridgehead atoms. The lowest BCUT2D eigenvalue weighted by Crippen LogP contribution is -2.32. The molecule has 2 aromatic heterocycles. The fourth-order valence-corrected chi connectivity index (χ4v) is 4.46. The molecule has 1 fully saturated rings. The maximum atomic E-state index is 12.7. The summed E-state index contributed by atoms with van der Waals surface area (Å²) in [5.74, 6) is -0.257. The Morgan fingerprint density at radius 2 is 2.20 bits per heavy atom. The minimum Gasteiger partial charge on any atom is -0.462 e. The molecule has 0 N–H and O–H groups in total. The third-order valence-electron chi connectivity index (χ3n) is 4.03. The third-order valence-corrected chi connectivity index (χ3v) is 6.10. The molecule has 0 unspecified atom stereocenters. The van der Waals surface area contributed by atoms with Crippen LogP contribution in [-0.4, -0.2) is 29.5 Å². The first-order valence-electron chi connectivity index (χ1n) is 8.59. The number of thiophene rings is 1. The van der Waals surface area contributed by atoms with Crippen LogP contribution in [-0.2, 0) is 16.0 Å². The van der Waals surface area contributed by atoms with Crippen LogP contribution in [0.1, 0.15) is 52.8 Å². The molecular formula is C18H22N2O3S2.